The van der Waals surface area contributed by atoms with Gasteiger partial charge >= 0.3 is 13.1 Å². The van der Waals surface area contributed by atoms with Crippen molar-refractivity contribution in [1.82, 2.24) is 9.97 Å². The number of imidazole rings is 1. The quantitative estimate of drug-likeness (QED) is 0.532. The van der Waals surface area contributed by atoms with E-state index in [1.54, 1.807) is 24.4 Å². The third-order valence-electron chi connectivity index (χ3n) is 4.29. The number of H-pyrrole nitrogens is 1. The fraction of sp³-hybridized carbons (Fsp3) is 0.375. The summed E-state index contributed by atoms with van der Waals surface area (Å²) in [4.78, 5) is 18.5. The molecule has 1 N–H and O–H groups in total. The van der Waals surface area contributed by atoms with E-state index in [9.17, 15) is 4.79 Å². The molecule has 0 radical (unpaired) electrons. The topological polar surface area (TPSA) is 73.4 Å². The van der Waals surface area contributed by atoms with Crippen LogP contribution in [0, 0.1) is 0 Å². The fourth-order valence-electron chi connectivity index (χ4n) is 2.24. The smallest absolute Gasteiger partial charge is 0.421 e. The number of carbonyl (C=O) groups is 1. The summed E-state index contributed by atoms with van der Waals surface area (Å²) in [5.74, 6) is 0.0331. The number of ether oxygens (including phenoxy) is 1. The summed E-state index contributed by atoms with van der Waals surface area (Å²) in [6.45, 7) is 7.98. The summed E-state index contributed by atoms with van der Waals surface area (Å²) in [5, 5.41) is 0. The molecular formula is C16H19BN2O4. The molecule has 0 atom stereocenters. The molecule has 23 heavy (non-hydrogen) atoms. The van der Waals surface area contributed by atoms with Gasteiger partial charge in [0, 0.05) is 12.4 Å². The Balaban J connectivity index is 1.77. The molecule has 1 aromatic heterocycles. The van der Waals surface area contributed by atoms with Crippen LogP contribution in [-0.2, 0) is 9.31 Å². The van der Waals surface area contributed by atoms with E-state index in [0.717, 1.165) is 5.46 Å². The van der Waals surface area contributed by atoms with Gasteiger partial charge < -0.3 is 19.0 Å². The van der Waals surface area contributed by atoms with Gasteiger partial charge in [0.1, 0.15) is 5.75 Å². The van der Waals surface area contributed by atoms with Crippen LogP contribution in [0.25, 0.3) is 0 Å². The largest absolute Gasteiger partial charge is 0.494 e. The number of rotatable bonds is 3. The van der Waals surface area contributed by atoms with Gasteiger partial charge in [-0.15, -0.1) is 0 Å². The van der Waals surface area contributed by atoms with Gasteiger partial charge in [0.05, 0.1) is 11.2 Å². The average Bonchev–Trinajstić information content (AvgIpc) is 3.06. The van der Waals surface area contributed by atoms with Crippen LogP contribution >= 0.6 is 0 Å². The first kappa shape index (κ1) is 15.8. The van der Waals surface area contributed by atoms with Gasteiger partial charge in [-0.3, -0.25) is 0 Å². The fourth-order valence-corrected chi connectivity index (χ4v) is 2.24. The van der Waals surface area contributed by atoms with Gasteiger partial charge in [0.15, 0.2) is 0 Å². The summed E-state index contributed by atoms with van der Waals surface area (Å²) in [7, 11) is -0.498. The van der Waals surface area contributed by atoms with Gasteiger partial charge in [-0.2, -0.15) is 0 Å². The number of hydrogen-bond donors (Lipinski definition) is 1. The zero-order valence-corrected chi connectivity index (χ0v) is 13.6. The molecule has 0 amide bonds. The molecular weight excluding hydrogens is 295 g/mol. The van der Waals surface area contributed by atoms with E-state index >= 15 is 0 Å². The molecule has 6 nitrogen and oxygen atoms in total. The standard InChI is InChI=1S/C16H19BN2O4/c1-15(2)16(3,4)23-17(22-15)11-6-5-7-12(10-11)21-14(20)13-18-8-9-19-13/h5-10H,1-4H3,(H,18,19). The number of nitrogens with one attached hydrogen (secondary N) is 1. The highest BCUT2D eigenvalue weighted by Gasteiger charge is 2.51. The number of aromatic nitrogens is 2. The van der Waals surface area contributed by atoms with Gasteiger partial charge in [-0.25, -0.2) is 9.78 Å². The Hall–Kier alpha value is -2.12. The highest BCUT2D eigenvalue weighted by atomic mass is 16.7. The molecule has 0 spiro atoms. The SMILES string of the molecule is CC1(C)OB(c2cccc(OC(=O)c3ncc[nH]3)c2)OC1(C)C. The summed E-state index contributed by atoms with van der Waals surface area (Å²) >= 11 is 0. The molecule has 2 heterocycles. The molecule has 0 aliphatic carbocycles. The van der Waals surface area contributed by atoms with E-state index in [1.807, 2.05) is 33.8 Å². The van der Waals surface area contributed by atoms with E-state index in [-0.39, 0.29) is 5.82 Å². The van der Waals surface area contributed by atoms with E-state index in [0.29, 0.717) is 5.75 Å². The van der Waals surface area contributed by atoms with E-state index < -0.39 is 24.3 Å². The second kappa shape index (κ2) is 5.51. The lowest BCUT2D eigenvalue weighted by molar-refractivity contribution is 0.00578. The maximum absolute atomic E-state index is 11.9. The van der Waals surface area contributed by atoms with Gasteiger partial charge in [-0.05, 0) is 45.3 Å². The predicted octanol–water partition coefficient (Wildman–Crippen LogP) is 1.93. The van der Waals surface area contributed by atoms with Gasteiger partial charge in [-0.1, -0.05) is 12.1 Å². The average molecular weight is 314 g/mol. The first-order valence-corrected chi connectivity index (χ1v) is 7.46. The number of aromatic amines is 1. The molecule has 1 aliphatic rings. The molecule has 1 aromatic carbocycles. The van der Waals surface area contributed by atoms with Crippen LogP contribution in [0.3, 0.4) is 0 Å². The predicted molar refractivity (Wildman–Crippen MR) is 85.7 cm³/mol. The van der Waals surface area contributed by atoms with Crippen LogP contribution in [0.2, 0.25) is 0 Å². The lowest BCUT2D eigenvalue weighted by atomic mass is 9.79. The van der Waals surface area contributed by atoms with E-state index in [1.165, 1.54) is 6.20 Å². The molecule has 0 unspecified atom stereocenters. The van der Waals surface area contributed by atoms with Crippen molar-refractivity contribution >= 4 is 18.6 Å². The number of esters is 1. The lowest BCUT2D eigenvalue weighted by Gasteiger charge is -2.32. The molecule has 1 saturated heterocycles. The van der Waals surface area contributed by atoms with Crippen molar-refractivity contribution in [3.63, 3.8) is 0 Å². The van der Waals surface area contributed by atoms with Crippen LogP contribution in [-0.4, -0.2) is 34.3 Å². The Morgan fingerprint density at radius 1 is 1.22 bits per heavy atom. The minimum atomic E-state index is -0.541. The van der Waals surface area contributed by atoms with Gasteiger partial charge in [0.2, 0.25) is 5.82 Å². The van der Waals surface area contributed by atoms with Crippen LogP contribution < -0.4 is 10.2 Å². The first-order chi connectivity index (χ1) is 10.8. The number of carbonyl (C=O) groups excluding carboxylic acids is 1. The van der Waals surface area contributed by atoms with Crippen LogP contribution in [0.15, 0.2) is 36.7 Å². The van der Waals surface area contributed by atoms with Crippen LogP contribution in [0.1, 0.15) is 38.3 Å². The monoisotopic (exact) mass is 314 g/mol. The summed E-state index contributed by atoms with van der Waals surface area (Å²) in [5.41, 5.74) is -0.0368. The Morgan fingerprint density at radius 3 is 2.52 bits per heavy atom. The normalized spacial score (nSPS) is 18.9. The zero-order chi connectivity index (χ0) is 16.7. The zero-order valence-electron chi connectivity index (χ0n) is 13.6. The Morgan fingerprint density at radius 2 is 1.91 bits per heavy atom. The van der Waals surface area contributed by atoms with Crippen molar-refractivity contribution in [2.24, 2.45) is 0 Å². The highest BCUT2D eigenvalue weighted by molar-refractivity contribution is 6.62. The maximum atomic E-state index is 11.9. The Kier molecular flexibility index (Phi) is 3.78. The second-order valence-electron chi connectivity index (χ2n) is 6.49. The van der Waals surface area contributed by atoms with E-state index in [2.05, 4.69) is 9.97 Å². The summed E-state index contributed by atoms with van der Waals surface area (Å²) in [6, 6.07) is 7.12. The lowest BCUT2D eigenvalue weighted by Crippen LogP contribution is -2.41. The van der Waals surface area contributed by atoms with Crippen molar-refractivity contribution in [1.29, 1.82) is 0 Å². The molecule has 7 heteroatoms. The van der Waals surface area contributed by atoms with E-state index in [4.69, 9.17) is 14.0 Å². The van der Waals surface area contributed by atoms with Crippen molar-refractivity contribution in [3.05, 3.63) is 42.5 Å². The molecule has 1 aliphatic heterocycles. The molecule has 120 valence electrons. The van der Waals surface area contributed by atoms with Crippen LogP contribution in [0.4, 0.5) is 0 Å². The molecule has 3 rings (SSSR count). The van der Waals surface area contributed by atoms with Crippen molar-refractivity contribution in [2.45, 2.75) is 38.9 Å². The first-order valence-electron chi connectivity index (χ1n) is 7.46. The molecule has 0 saturated carbocycles. The van der Waals surface area contributed by atoms with Crippen molar-refractivity contribution in [2.75, 3.05) is 0 Å². The number of hydrogen-bond acceptors (Lipinski definition) is 5. The molecule has 1 fully saturated rings. The third-order valence-corrected chi connectivity index (χ3v) is 4.29. The summed E-state index contributed by atoms with van der Waals surface area (Å²) in [6.07, 6.45) is 3.06. The minimum Gasteiger partial charge on any atom is -0.421 e. The van der Waals surface area contributed by atoms with Crippen molar-refractivity contribution in [3.8, 4) is 5.75 Å². The highest BCUT2D eigenvalue weighted by Crippen LogP contribution is 2.36. The second-order valence-corrected chi connectivity index (χ2v) is 6.49. The Bertz CT molecular complexity index is 697. The molecule has 2 aromatic rings. The third kappa shape index (κ3) is 3.02. The molecule has 0 bridgehead atoms. The van der Waals surface area contributed by atoms with Gasteiger partial charge in [0.25, 0.3) is 0 Å². The summed E-state index contributed by atoms with van der Waals surface area (Å²) < 4.78 is 17.3. The Labute approximate surface area is 135 Å². The van der Waals surface area contributed by atoms with Crippen molar-refractivity contribution < 1.29 is 18.8 Å². The van der Waals surface area contributed by atoms with Crippen LogP contribution in [0.5, 0.6) is 5.75 Å². The number of benzene rings is 1. The minimum absolute atomic E-state index is 0.158. The number of nitrogens with zero attached hydrogens (tertiary/aromatic N) is 1. The maximum Gasteiger partial charge on any atom is 0.494 e.